The van der Waals surface area contributed by atoms with Gasteiger partial charge in [0.05, 0.1) is 12.7 Å². The quantitative estimate of drug-likeness (QED) is 0.824. The van der Waals surface area contributed by atoms with E-state index in [1.165, 1.54) is 0 Å². The number of para-hydroxylation sites is 1. The lowest BCUT2D eigenvalue weighted by Crippen LogP contribution is -2.18. The molecule has 0 radical (unpaired) electrons. The Bertz CT molecular complexity index is 441. The van der Waals surface area contributed by atoms with Gasteiger partial charge in [0.25, 0.3) is 0 Å². The van der Waals surface area contributed by atoms with E-state index < -0.39 is 12.0 Å². The van der Waals surface area contributed by atoms with Gasteiger partial charge in [-0.25, -0.2) is 9.79 Å². The van der Waals surface area contributed by atoms with Gasteiger partial charge in [-0.15, -0.1) is 0 Å². The standard InChI is InChI=1S/C11H11NO4/c1-15-9-5-3-2-4-7(9)10-12-8(6-16-10)11(13)14/h2-5,8H,6H2,1H3,(H,13,14). The molecule has 1 aromatic carbocycles. The number of ether oxygens (including phenoxy) is 2. The van der Waals surface area contributed by atoms with Gasteiger partial charge in [-0.2, -0.15) is 0 Å². The van der Waals surface area contributed by atoms with Crippen LogP contribution in [0.1, 0.15) is 5.56 Å². The van der Waals surface area contributed by atoms with Crippen molar-refractivity contribution in [3.63, 3.8) is 0 Å². The SMILES string of the molecule is COc1ccccc1C1=NC(C(=O)O)CO1. The second-order valence-electron chi connectivity index (χ2n) is 3.30. The summed E-state index contributed by atoms with van der Waals surface area (Å²) in [4.78, 5) is 14.7. The van der Waals surface area contributed by atoms with E-state index in [0.29, 0.717) is 17.2 Å². The molecule has 0 saturated carbocycles. The topological polar surface area (TPSA) is 68.1 Å². The highest BCUT2D eigenvalue weighted by atomic mass is 16.5. The molecule has 0 saturated heterocycles. The summed E-state index contributed by atoms with van der Waals surface area (Å²) in [6, 6.07) is 6.38. The van der Waals surface area contributed by atoms with Crippen molar-refractivity contribution < 1.29 is 19.4 Å². The van der Waals surface area contributed by atoms with Crippen LogP contribution in [0.5, 0.6) is 5.75 Å². The minimum atomic E-state index is -0.982. The highest BCUT2D eigenvalue weighted by molar-refractivity contribution is 5.99. The monoisotopic (exact) mass is 221 g/mol. The number of carboxylic acid groups (broad SMARTS) is 1. The van der Waals surface area contributed by atoms with Crippen LogP contribution in [0.2, 0.25) is 0 Å². The summed E-state index contributed by atoms with van der Waals surface area (Å²) < 4.78 is 10.4. The molecule has 0 aromatic heterocycles. The predicted octanol–water partition coefficient (Wildman–Crippen LogP) is 0.925. The lowest BCUT2D eigenvalue weighted by Gasteiger charge is -2.06. The van der Waals surface area contributed by atoms with Crippen LogP contribution in [0, 0.1) is 0 Å². The summed E-state index contributed by atoms with van der Waals surface area (Å²) in [5.74, 6) is -0.0398. The molecule has 1 atom stereocenters. The van der Waals surface area contributed by atoms with Gasteiger partial charge in [0.1, 0.15) is 12.4 Å². The van der Waals surface area contributed by atoms with Crippen molar-refractivity contribution >= 4 is 11.9 Å². The summed E-state index contributed by atoms with van der Waals surface area (Å²) in [7, 11) is 1.54. The number of hydrogen-bond acceptors (Lipinski definition) is 4. The lowest BCUT2D eigenvalue weighted by atomic mass is 10.2. The van der Waals surface area contributed by atoms with Gasteiger partial charge in [-0.3, -0.25) is 0 Å². The molecule has 5 nitrogen and oxygen atoms in total. The van der Waals surface area contributed by atoms with Crippen LogP contribution >= 0.6 is 0 Å². The normalized spacial score (nSPS) is 18.8. The number of aliphatic carboxylic acids is 1. The molecule has 0 aliphatic carbocycles. The molecular formula is C11H11NO4. The van der Waals surface area contributed by atoms with E-state index >= 15 is 0 Å². The van der Waals surface area contributed by atoms with Crippen molar-refractivity contribution in [2.75, 3.05) is 13.7 Å². The zero-order chi connectivity index (χ0) is 11.5. The van der Waals surface area contributed by atoms with E-state index in [9.17, 15) is 4.79 Å². The summed E-state index contributed by atoms with van der Waals surface area (Å²) in [5.41, 5.74) is 0.675. The predicted molar refractivity (Wildman–Crippen MR) is 56.9 cm³/mol. The van der Waals surface area contributed by atoms with Gasteiger partial charge < -0.3 is 14.6 Å². The van der Waals surface area contributed by atoms with Gasteiger partial charge in [0.15, 0.2) is 6.04 Å². The fourth-order valence-electron chi connectivity index (χ4n) is 1.47. The first-order chi connectivity index (χ1) is 7.72. The molecule has 1 unspecified atom stereocenters. The third-order valence-corrected chi connectivity index (χ3v) is 2.27. The van der Waals surface area contributed by atoms with E-state index in [0.717, 1.165) is 0 Å². The molecule has 0 bridgehead atoms. The zero-order valence-electron chi connectivity index (χ0n) is 8.71. The Morgan fingerprint density at radius 3 is 2.94 bits per heavy atom. The average molecular weight is 221 g/mol. The van der Waals surface area contributed by atoms with Crippen LogP contribution in [0.4, 0.5) is 0 Å². The molecule has 84 valence electrons. The molecule has 0 amide bonds. The Labute approximate surface area is 92.3 Å². The van der Waals surface area contributed by atoms with Crippen LogP contribution in [0.3, 0.4) is 0 Å². The smallest absolute Gasteiger partial charge is 0.332 e. The van der Waals surface area contributed by atoms with E-state index in [1.54, 1.807) is 19.2 Å². The first-order valence-electron chi connectivity index (χ1n) is 4.79. The second kappa shape index (κ2) is 4.22. The highest BCUT2D eigenvalue weighted by Crippen LogP contribution is 2.21. The lowest BCUT2D eigenvalue weighted by molar-refractivity contribution is -0.138. The van der Waals surface area contributed by atoms with Crippen LogP contribution in [0.25, 0.3) is 0 Å². The molecular weight excluding hydrogens is 210 g/mol. The Balaban J connectivity index is 2.32. The Kier molecular flexibility index (Phi) is 2.76. The fourth-order valence-corrected chi connectivity index (χ4v) is 1.47. The highest BCUT2D eigenvalue weighted by Gasteiger charge is 2.27. The number of rotatable bonds is 3. The minimum Gasteiger partial charge on any atom is -0.496 e. The van der Waals surface area contributed by atoms with Crippen LogP contribution < -0.4 is 4.74 Å². The van der Waals surface area contributed by atoms with Crippen molar-refractivity contribution in [2.24, 2.45) is 4.99 Å². The van der Waals surface area contributed by atoms with Crippen molar-refractivity contribution in [1.82, 2.24) is 0 Å². The van der Waals surface area contributed by atoms with Crippen molar-refractivity contribution in [3.05, 3.63) is 29.8 Å². The molecule has 1 N–H and O–H groups in total. The minimum absolute atomic E-state index is 0.0721. The van der Waals surface area contributed by atoms with Crippen LogP contribution in [-0.4, -0.2) is 36.7 Å². The number of aliphatic imine (C=N–C) groups is 1. The average Bonchev–Trinajstić information content (AvgIpc) is 2.78. The Hall–Kier alpha value is -2.04. The van der Waals surface area contributed by atoms with Crippen molar-refractivity contribution in [1.29, 1.82) is 0 Å². The van der Waals surface area contributed by atoms with E-state index in [-0.39, 0.29) is 6.61 Å². The maximum atomic E-state index is 10.7. The van der Waals surface area contributed by atoms with Crippen LogP contribution in [0.15, 0.2) is 29.3 Å². The molecule has 0 spiro atoms. The van der Waals surface area contributed by atoms with Gasteiger partial charge in [-0.1, -0.05) is 12.1 Å². The third kappa shape index (κ3) is 1.84. The summed E-state index contributed by atoms with van der Waals surface area (Å²) >= 11 is 0. The summed E-state index contributed by atoms with van der Waals surface area (Å²) in [6.45, 7) is 0.0721. The van der Waals surface area contributed by atoms with Gasteiger partial charge >= 0.3 is 5.97 Å². The van der Waals surface area contributed by atoms with Crippen molar-refractivity contribution in [3.8, 4) is 5.75 Å². The molecule has 2 rings (SSSR count). The first kappa shape index (κ1) is 10.5. The number of methoxy groups -OCH3 is 1. The Morgan fingerprint density at radius 1 is 1.56 bits per heavy atom. The summed E-state index contributed by atoms with van der Waals surface area (Å²) in [5, 5.41) is 8.79. The number of benzene rings is 1. The molecule has 1 aliphatic heterocycles. The second-order valence-corrected chi connectivity index (χ2v) is 3.30. The number of carbonyl (C=O) groups is 1. The van der Waals surface area contributed by atoms with Gasteiger partial charge in [0.2, 0.25) is 5.90 Å². The van der Waals surface area contributed by atoms with Gasteiger partial charge in [0, 0.05) is 0 Å². The van der Waals surface area contributed by atoms with Crippen LogP contribution in [-0.2, 0) is 9.53 Å². The molecule has 0 fully saturated rings. The molecule has 1 aliphatic rings. The molecule has 1 aromatic rings. The molecule has 1 heterocycles. The van der Waals surface area contributed by atoms with Gasteiger partial charge in [-0.05, 0) is 12.1 Å². The fraction of sp³-hybridized carbons (Fsp3) is 0.273. The maximum Gasteiger partial charge on any atom is 0.332 e. The third-order valence-electron chi connectivity index (χ3n) is 2.27. The molecule has 16 heavy (non-hydrogen) atoms. The number of hydrogen-bond donors (Lipinski definition) is 1. The Morgan fingerprint density at radius 2 is 2.31 bits per heavy atom. The first-order valence-corrected chi connectivity index (χ1v) is 4.79. The number of nitrogens with zero attached hydrogens (tertiary/aromatic N) is 1. The zero-order valence-corrected chi connectivity index (χ0v) is 8.71. The van der Waals surface area contributed by atoms with E-state index in [4.69, 9.17) is 14.6 Å². The molecule has 5 heteroatoms. The van der Waals surface area contributed by atoms with Crippen molar-refractivity contribution in [2.45, 2.75) is 6.04 Å². The number of carboxylic acids is 1. The largest absolute Gasteiger partial charge is 0.496 e. The summed E-state index contributed by atoms with van der Waals surface area (Å²) in [6.07, 6.45) is 0. The maximum absolute atomic E-state index is 10.7. The van der Waals surface area contributed by atoms with E-state index in [1.807, 2.05) is 12.1 Å². The van der Waals surface area contributed by atoms with E-state index in [2.05, 4.69) is 4.99 Å².